The Morgan fingerprint density at radius 3 is 2.64 bits per heavy atom. The predicted molar refractivity (Wildman–Crippen MR) is 104 cm³/mol. The van der Waals surface area contributed by atoms with Crippen LogP contribution in [0.1, 0.15) is 18.9 Å². The highest BCUT2D eigenvalue weighted by Gasteiger charge is 2.35. The van der Waals surface area contributed by atoms with Crippen LogP contribution in [0, 0.1) is 11.7 Å². The molecule has 1 fully saturated rings. The van der Waals surface area contributed by atoms with Crippen LogP contribution in [0.3, 0.4) is 0 Å². The van der Waals surface area contributed by atoms with E-state index in [2.05, 4.69) is 10.6 Å². The van der Waals surface area contributed by atoms with Crippen molar-refractivity contribution in [3.8, 4) is 0 Å². The standard InChI is InChI=1S/C21H22FN3O3/c1-14(26)24-18-3-2-4-19(12-18)25-13-16(11-20(25)27)21(28)23-10-9-15-5-7-17(22)8-6-15/h2-8,12,16H,9-11,13H2,1H3,(H,23,28)(H,24,26). The number of carbonyl (C=O) groups excluding carboxylic acids is 3. The second-order valence-electron chi connectivity index (χ2n) is 6.80. The van der Waals surface area contributed by atoms with Gasteiger partial charge in [-0.15, -0.1) is 0 Å². The van der Waals surface area contributed by atoms with Crippen LogP contribution in [0.15, 0.2) is 48.5 Å². The molecule has 0 radical (unpaired) electrons. The van der Waals surface area contributed by atoms with Crippen LogP contribution in [-0.4, -0.2) is 30.8 Å². The first-order chi connectivity index (χ1) is 13.4. The average Bonchev–Trinajstić information content (AvgIpc) is 3.05. The maximum Gasteiger partial charge on any atom is 0.227 e. The van der Waals surface area contributed by atoms with Gasteiger partial charge in [0.15, 0.2) is 0 Å². The van der Waals surface area contributed by atoms with E-state index in [1.807, 2.05) is 0 Å². The van der Waals surface area contributed by atoms with Crippen molar-refractivity contribution in [3.63, 3.8) is 0 Å². The number of nitrogens with one attached hydrogen (secondary N) is 2. The van der Waals surface area contributed by atoms with E-state index in [1.54, 1.807) is 41.3 Å². The van der Waals surface area contributed by atoms with Crippen molar-refractivity contribution in [2.24, 2.45) is 5.92 Å². The minimum atomic E-state index is -0.426. The average molecular weight is 383 g/mol. The van der Waals surface area contributed by atoms with E-state index in [0.29, 0.717) is 30.9 Å². The van der Waals surface area contributed by atoms with Crippen molar-refractivity contribution >= 4 is 29.1 Å². The summed E-state index contributed by atoms with van der Waals surface area (Å²) in [4.78, 5) is 37.6. The highest BCUT2D eigenvalue weighted by atomic mass is 19.1. The molecule has 0 spiro atoms. The van der Waals surface area contributed by atoms with E-state index in [4.69, 9.17) is 0 Å². The molecule has 1 unspecified atom stereocenters. The number of halogens is 1. The van der Waals surface area contributed by atoms with Crippen LogP contribution < -0.4 is 15.5 Å². The fraction of sp³-hybridized carbons (Fsp3) is 0.286. The maximum atomic E-state index is 12.9. The Labute approximate surface area is 162 Å². The van der Waals surface area contributed by atoms with Gasteiger partial charge in [0.25, 0.3) is 0 Å². The molecule has 7 heteroatoms. The van der Waals surface area contributed by atoms with Gasteiger partial charge in [0.2, 0.25) is 17.7 Å². The van der Waals surface area contributed by atoms with Crippen molar-refractivity contribution in [1.82, 2.24) is 5.32 Å². The van der Waals surface area contributed by atoms with Gasteiger partial charge in [0, 0.05) is 37.8 Å². The molecule has 0 saturated carbocycles. The summed E-state index contributed by atoms with van der Waals surface area (Å²) in [7, 11) is 0. The second-order valence-corrected chi connectivity index (χ2v) is 6.80. The monoisotopic (exact) mass is 383 g/mol. The van der Waals surface area contributed by atoms with Crippen LogP contribution >= 0.6 is 0 Å². The molecule has 2 aromatic rings. The lowest BCUT2D eigenvalue weighted by atomic mass is 10.1. The highest BCUT2D eigenvalue weighted by Crippen LogP contribution is 2.27. The molecule has 1 saturated heterocycles. The number of hydrogen-bond acceptors (Lipinski definition) is 3. The zero-order valence-corrected chi connectivity index (χ0v) is 15.6. The Morgan fingerprint density at radius 2 is 1.93 bits per heavy atom. The first-order valence-electron chi connectivity index (χ1n) is 9.12. The molecule has 2 aromatic carbocycles. The van der Waals surface area contributed by atoms with E-state index in [9.17, 15) is 18.8 Å². The molecule has 0 bridgehead atoms. The lowest BCUT2D eigenvalue weighted by molar-refractivity contribution is -0.126. The summed E-state index contributed by atoms with van der Waals surface area (Å²) in [6, 6.07) is 13.1. The normalized spacial score (nSPS) is 16.1. The molecule has 28 heavy (non-hydrogen) atoms. The molecule has 1 aliphatic rings. The highest BCUT2D eigenvalue weighted by molar-refractivity contribution is 6.01. The van der Waals surface area contributed by atoms with Gasteiger partial charge in [-0.05, 0) is 42.3 Å². The summed E-state index contributed by atoms with van der Waals surface area (Å²) in [6.07, 6.45) is 0.738. The molecule has 6 nitrogen and oxygen atoms in total. The molecule has 3 rings (SSSR count). The largest absolute Gasteiger partial charge is 0.355 e. The van der Waals surface area contributed by atoms with E-state index in [0.717, 1.165) is 5.56 Å². The zero-order chi connectivity index (χ0) is 20.1. The SMILES string of the molecule is CC(=O)Nc1cccc(N2CC(C(=O)NCCc3ccc(F)cc3)CC2=O)c1. The summed E-state index contributed by atoms with van der Waals surface area (Å²) in [5.41, 5.74) is 2.18. The van der Waals surface area contributed by atoms with Gasteiger partial charge in [0.1, 0.15) is 5.82 Å². The van der Waals surface area contributed by atoms with E-state index >= 15 is 0 Å². The fourth-order valence-electron chi connectivity index (χ4n) is 3.21. The zero-order valence-electron chi connectivity index (χ0n) is 15.6. The molecule has 2 N–H and O–H groups in total. The topological polar surface area (TPSA) is 78.5 Å². The number of anilines is 2. The lowest BCUT2D eigenvalue weighted by Gasteiger charge is -2.18. The molecule has 146 valence electrons. The molecular weight excluding hydrogens is 361 g/mol. The Kier molecular flexibility index (Phi) is 6.03. The van der Waals surface area contributed by atoms with Crippen LogP contribution in [0.2, 0.25) is 0 Å². The maximum absolute atomic E-state index is 12.9. The van der Waals surface area contributed by atoms with Gasteiger partial charge < -0.3 is 15.5 Å². The molecular formula is C21H22FN3O3. The third-order valence-corrected chi connectivity index (χ3v) is 4.60. The third-order valence-electron chi connectivity index (χ3n) is 4.60. The Balaban J connectivity index is 1.55. The van der Waals surface area contributed by atoms with Gasteiger partial charge in [-0.25, -0.2) is 4.39 Å². The van der Waals surface area contributed by atoms with Crippen LogP contribution in [0.25, 0.3) is 0 Å². The minimum Gasteiger partial charge on any atom is -0.355 e. The Morgan fingerprint density at radius 1 is 1.18 bits per heavy atom. The van der Waals surface area contributed by atoms with Crippen molar-refractivity contribution in [2.45, 2.75) is 19.8 Å². The van der Waals surface area contributed by atoms with Crippen molar-refractivity contribution in [3.05, 3.63) is 59.9 Å². The molecule has 1 heterocycles. The van der Waals surface area contributed by atoms with Crippen molar-refractivity contribution in [2.75, 3.05) is 23.3 Å². The fourth-order valence-corrected chi connectivity index (χ4v) is 3.21. The van der Waals surface area contributed by atoms with Gasteiger partial charge >= 0.3 is 0 Å². The van der Waals surface area contributed by atoms with Gasteiger partial charge in [-0.1, -0.05) is 18.2 Å². The smallest absolute Gasteiger partial charge is 0.227 e. The number of benzene rings is 2. The molecule has 3 amide bonds. The number of amides is 3. The summed E-state index contributed by atoms with van der Waals surface area (Å²) in [5, 5.41) is 5.53. The summed E-state index contributed by atoms with van der Waals surface area (Å²) in [6.45, 7) is 2.14. The Bertz CT molecular complexity index is 883. The van der Waals surface area contributed by atoms with E-state index < -0.39 is 5.92 Å². The van der Waals surface area contributed by atoms with E-state index in [-0.39, 0.29) is 30.0 Å². The molecule has 1 atom stereocenters. The minimum absolute atomic E-state index is 0.126. The molecule has 0 aromatic heterocycles. The van der Waals surface area contributed by atoms with Crippen molar-refractivity contribution < 1.29 is 18.8 Å². The molecule has 0 aliphatic carbocycles. The summed E-state index contributed by atoms with van der Waals surface area (Å²) in [5.74, 6) is -1.21. The lowest BCUT2D eigenvalue weighted by Crippen LogP contribution is -2.34. The van der Waals surface area contributed by atoms with Crippen LogP contribution in [-0.2, 0) is 20.8 Å². The Hall–Kier alpha value is -3.22. The van der Waals surface area contributed by atoms with Crippen LogP contribution in [0.5, 0.6) is 0 Å². The number of rotatable bonds is 6. The molecule has 1 aliphatic heterocycles. The first kappa shape index (κ1) is 19.5. The third kappa shape index (κ3) is 4.94. The van der Waals surface area contributed by atoms with Crippen LogP contribution in [0.4, 0.5) is 15.8 Å². The predicted octanol–water partition coefficient (Wildman–Crippen LogP) is 2.50. The quantitative estimate of drug-likeness (QED) is 0.805. The second kappa shape index (κ2) is 8.65. The van der Waals surface area contributed by atoms with Crippen molar-refractivity contribution in [1.29, 1.82) is 0 Å². The summed E-state index contributed by atoms with van der Waals surface area (Å²) < 4.78 is 12.9. The first-order valence-corrected chi connectivity index (χ1v) is 9.12. The number of hydrogen-bond donors (Lipinski definition) is 2. The van der Waals surface area contributed by atoms with Gasteiger partial charge in [0.05, 0.1) is 5.92 Å². The van der Waals surface area contributed by atoms with Gasteiger partial charge in [-0.2, -0.15) is 0 Å². The number of carbonyl (C=O) groups is 3. The van der Waals surface area contributed by atoms with Gasteiger partial charge in [-0.3, -0.25) is 14.4 Å². The number of nitrogens with zero attached hydrogens (tertiary/aromatic N) is 1. The van der Waals surface area contributed by atoms with E-state index in [1.165, 1.54) is 19.1 Å². The summed E-state index contributed by atoms with van der Waals surface area (Å²) >= 11 is 0.